The predicted octanol–water partition coefficient (Wildman–Crippen LogP) is 2.03. The lowest BCUT2D eigenvalue weighted by molar-refractivity contribution is 0.0697. The summed E-state index contributed by atoms with van der Waals surface area (Å²) >= 11 is 0. The molecule has 0 saturated carbocycles. The summed E-state index contributed by atoms with van der Waals surface area (Å²) in [7, 11) is 0. The number of nitrogens with two attached hydrogens (primary N) is 1. The number of hydrogen-bond donors (Lipinski definition) is 3. The van der Waals surface area contributed by atoms with Gasteiger partial charge in [0.15, 0.2) is 0 Å². The maximum Gasteiger partial charge on any atom is 0.407 e. The molecular weight excluding hydrogens is 322 g/mol. The van der Waals surface area contributed by atoms with Crippen LogP contribution >= 0.6 is 0 Å². The Morgan fingerprint density at radius 2 is 2.04 bits per heavy atom. The largest absolute Gasteiger partial charge is 0.478 e. The van der Waals surface area contributed by atoms with Gasteiger partial charge in [0.2, 0.25) is 0 Å². The lowest BCUT2D eigenvalue weighted by atomic mass is 10.2. The average molecular weight is 339 g/mol. The number of amides is 1. The Morgan fingerprint density at radius 1 is 1.28 bits per heavy atom. The van der Waals surface area contributed by atoms with Crippen molar-refractivity contribution in [3.05, 3.63) is 59.3 Å². The molecule has 4 N–H and O–H groups in total. The van der Waals surface area contributed by atoms with Gasteiger partial charge in [-0.05, 0) is 11.6 Å². The van der Waals surface area contributed by atoms with Crippen LogP contribution in [0.3, 0.4) is 0 Å². The second kappa shape index (κ2) is 8.93. The minimum Gasteiger partial charge on any atom is -0.478 e. The summed E-state index contributed by atoms with van der Waals surface area (Å²) in [6.45, 7) is 0.516. The Morgan fingerprint density at radius 3 is 2.76 bits per heavy atom. The second-order valence-electron chi connectivity index (χ2n) is 5.00. The lowest BCUT2D eigenvalue weighted by Gasteiger charge is -2.05. The van der Waals surface area contributed by atoms with E-state index in [2.05, 4.69) is 22.1 Å². The molecule has 1 aromatic heterocycles. The number of nitrogens with zero attached hydrogens (tertiary/aromatic N) is 1. The van der Waals surface area contributed by atoms with Gasteiger partial charge in [-0.3, -0.25) is 0 Å². The smallest absolute Gasteiger partial charge is 0.407 e. The lowest BCUT2D eigenvalue weighted by Crippen LogP contribution is -2.24. The van der Waals surface area contributed by atoms with Crippen LogP contribution in [0.15, 0.2) is 42.6 Å². The summed E-state index contributed by atoms with van der Waals surface area (Å²) in [5, 5.41) is 11.5. The summed E-state index contributed by atoms with van der Waals surface area (Å²) in [6.07, 6.45) is 1.26. The maximum atomic E-state index is 11.5. The molecule has 0 unspecified atom stereocenters. The topological polar surface area (TPSA) is 115 Å². The molecule has 2 aromatic rings. The van der Waals surface area contributed by atoms with Gasteiger partial charge in [-0.25, -0.2) is 14.6 Å². The minimum absolute atomic E-state index is 0.0547. The van der Waals surface area contributed by atoms with Crippen molar-refractivity contribution in [1.29, 1.82) is 0 Å². The van der Waals surface area contributed by atoms with E-state index in [1.54, 1.807) is 0 Å². The molecule has 0 bridgehead atoms. The molecule has 0 aliphatic rings. The molecule has 1 amide bonds. The molecule has 1 aromatic carbocycles. The van der Waals surface area contributed by atoms with Crippen LogP contribution in [0, 0.1) is 11.8 Å². The Labute approximate surface area is 144 Å². The number of anilines is 1. The summed E-state index contributed by atoms with van der Waals surface area (Å²) in [6, 6.07) is 10.7. The number of benzene rings is 1. The van der Waals surface area contributed by atoms with Crippen molar-refractivity contribution in [2.24, 2.45) is 0 Å². The third-order valence-electron chi connectivity index (χ3n) is 3.11. The SMILES string of the molecule is Nc1ncc(C#CCCNC(=O)OCc2ccccc2)cc1C(=O)O. The number of nitrogen functional groups attached to an aromatic ring is 1. The number of carboxylic acids is 1. The Bertz CT molecular complexity index is 810. The number of pyridine rings is 1. The molecule has 0 aliphatic carbocycles. The predicted molar refractivity (Wildman–Crippen MR) is 91.7 cm³/mol. The third kappa shape index (κ3) is 5.88. The first kappa shape index (κ1) is 17.8. The number of carbonyl (C=O) groups excluding carboxylic acids is 1. The number of aromatic nitrogens is 1. The van der Waals surface area contributed by atoms with Gasteiger partial charge in [-0.2, -0.15) is 0 Å². The van der Waals surface area contributed by atoms with Crippen LogP contribution in [0.25, 0.3) is 0 Å². The Hall–Kier alpha value is -3.53. The summed E-state index contributed by atoms with van der Waals surface area (Å²) < 4.78 is 5.06. The van der Waals surface area contributed by atoms with Crippen molar-refractivity contribution in [3.63, 3.8) is 0 Å². The van der Waals surface area contributed by atoms with Crippen LogP contribution in [-0.2, 0) is 11.3 Å². The normalized spacial score (nSPS) is 9.60. The highest BCUT2D eigenvalue weighted by Crippen LogP contribution is 2.09. The minimum atomic E-state index is -1.16. The van der Waals surface area contributed by atoms with Crippen LogP contribution in [0.5, 0.6) is 0 Å². The van der Waals surface area contributed by atoms with E-state index in [-0.39, 0.29) is 18.0 Å². The number of rotatable bonds is 5. The van der Waals surface area contributed by atoms with Crippen LogP contribution < -0.4 is 11.1 Å². The molecule has 1 heterocycles. The highest BCUT2D eigenvalue weighted by molar-refractivity contribution is 5.92. The summed E-state index contributed by atoms with van der Waals surface area (Å²) in [5.74, 6) is 4.39. The first-order valence-corrected chi connectivity index (χ1v) is 7.48. The zero-order chi connectivity index (χ0) is 18.1. The van der Waals surface area contributed by atoms with Crippen molar-refractivity contribution < 1.29 is 19.4 Å². The third-order valence-corrected chi connectivity index (χ3v) is 3.11. The summed E-state index contributed by atoms with van der Waals surface area (Å²) in [4.78, 5) is 26.3. The number of hydrogen-bond acceptors (Lipinski definition) is 5. The summed E-state index contributed by atoms with van der Waals surface area (Å²) in [5.41, 5.74) is 6.73. The van der Waals surface area contributed by atoms with Gasteiger partial charge in [0.05, 0.1) is 0 Å². The molecule has 128 valence electrons. The number of nitrogens with one attached hydrogen (secondary N) is 1. The van der Waals surface area contributed by atoms with E-state index in [0.29, 0.717) is 18.5 Å². The quantitative estimate of drug-likeness (QED) is 0.567. The fraction of sp³-hybridized carbons (Fsp3) is 0.167. The number of ether oxygens (including phenoxy) is 1. The maximum absolute atomic E-state index is 11.5. The first-order valence-electron chi connectivity index (χ1n) is 7.48. The zero-order valence-corrected chi connectivity index (χ0v) is 13.4. The molecule has 2 rings (SSSR count). The van der Waals surface area contributed by atoms with E-state index in [4.69, 9.17) is 15.6 Å². The van der Waals surface area contributed by atoms with Gasteiger partial charge >= 0.3 is 12.1 Å². The highest BCUT2D eigenvalue weighted by atomic mass is 16.5. The highest BCUT2D eigenvalue weighted by Gasteiger charge is 2.08. The van der Waals surface area contributed by atoms with Gasteiger partial charge in [0.1, 0.15) is 18.0 Å². The molecule has 0 aliphatic heterocycles. The number of alkyl carbamates (subject to hydrolysis) is 1. The van der Waals surface area contributed by atoms with E-state index < -0.39 is 12.1 Å². The molecule has 25 heavy (non-hydrogen) atoms. The Balaban J connectivity index is 1.74. The van der Waals surface area contributed by atoms with E-state index >= 15 is 0 Å². The second-order valence-corrected chi connectivity index (χ2v) is 5.00. The molecule has 0 fully saturated rings. The van der Waals surface area contributed by atoms with Gasteiger partial charge in [-0.15, -0.1) is 0 Å². The van der Waals surface area contributed by atoms with Crippen molar-refractivity contribution in [2.75, 3.05) is 12.3 Å². The van der Waals surface area contributed by atoms with Gasteiger partial charge < -0.3 is 20.9 Å². The molecule has 7 heteroatoms. The number of carbonyl (C=O) groups is 2. The van der Waals surface area contributed by atoms with Crippen LogP contribution in [0.2, 0.25) is 0 Å². The standard InChI is InChI=1S/C18H17N3O4/c19-16-15(17(22)23)10-14(11-21-16)8-4-5-9-20-18(24)25-12-13-6-2-1-3-7-13/h1-3,6-7,10-11H,5,9,12H2,(H2,19,21)(H,20,24)(H,22,23). The molecule has 0 saturated heterocycles. The van der Waals surface area contributed by atoms with Crippen molar-refractivity contribution in [2.45, 2.75) is 13.0 Å². The zero-order valence-electron chi connectivity index (χ0n) is 13.4. The number of aromatic carboxylic acids is 1. The van der Waals surface area contributed by atoms with Gasteiger partial charge in [0, 0.05) is 24.7 Å². The molecular formula is C18H17N3O4. The molecule has 7 nitrogen and oxygen atoms in total. The van der Waals surface area contributed by atoms with Crippen molar-refractivity contribution in [3.8, 4) is 11.8 Å². The number of carboxylic acid groups (broad SMARTS) is 1. The van der Waals surface area contributed by atoms with Crippen LogP contribution in [-0.4, -0.2) is 28.7 Å². The van der Waals surface area contributed by atoms with Crippen molar-refractivity contribution >= 4 is 17.9 Å². The Kier molecular flexibility index (Phi) is 6.37. The van der Waals surface area contributed by atoms with Crippen molar-refractivity contribution in [1.82, 2.24) is 10.3 Å². The molecule has 0 spiro atoms. The molecule has 0 radical (unpaired) electrons. The van der Waals surface area contributed by atoms with Crippen LogP contribution in [0.4, 0.5) is 10.6 Å². The van der Waals surface area contributed by atoms with E-state index in [1.807, 2.05) is 30.3 Å². The fourth-order valence-corrected chi connectivity index (χ4v) is 1.88. The average Bonchev–Trinajstić information content (AvgIpc) is 2.61. The van der Waals surface area contributed by atoms with Gasteiger partial charge in [-0.1, -0.05) is 42.2 Å². The molecule has 0 atom stereocenters. The fourth-order valence-electron chi connectivity index (χ4n) is 1.88. The monoisotopic (exact) mass is 339 g/mol. The van der Waals surface area contributed by atoms with E-state index in [9.17, 15) is 9.59 Å². The van der Waals surface area contributed by atoms with E-state index in [1.165, 1.54) is 12.3 Å². The first-order chi connectivity index (χ1) is 12.1. The van der Waals surface area contributed by atoms with Crippen LogP contribution in [0.1, 0.15) is 27.9 Å². The van der Waals surface area contributed by atoms with E-state index in [0.717, 1.165) is 5.56 Å². The van der Waals surface area contributed by atoms with Gasteiger partial charge in [0.25, 0.3) is 0 Å².